The molecular weight excluding hydrogens is 377 g/mol. The summed E-state index contributed by atoms with van der Waals surface area (Å²) in [6.45, 7) is 4.95. The summed E-state index contributed by atoms with van der Waals surface area (Å²) in [5, 5.41) is 5.23. The third-order valence-corrected chi connectivity index (χ3v) is 4.66. The van der Waals surface area contributed by atoms with E-state index in [1.54, 1.807) is 20.8 Å². The summed E-state index contributed by atoms with van der Waals surface area (Å²) in [7, 11) is 1.37. The van der Waals surface area contributed by atoms with Crippen molar-refractivity contribution in [2.75, 3.05) is 20.1 Å². The number of carbonyl (C=O) groups is 2. The summed E-state index contributed by atoms with van der Waals surface area (Å²) in [5.41, 5.74) is -3.19. The van der Waals surface area contributed by atoms with Crippen molar-refractivity contribution in [3.05, 3.63) is 35.1 Å². The predicted molar refractivity (Wildman–Crippen MR) is 93.9 cm³/mol. The van der Waals surface area contributed by atoms with Crippen molar-refractivity contribution in [2.24, 2.45) is 10.9 Å². The zero-order valence-corrected chi connectivity index (χ0v) is 15.9. The smallest absolute Gasteiger partial charge is 0.414 e. The number of amides is 2. The lowest BCUT2D eigenvalue weighted by Gasteiger charge is -2.39. The molecule has 2 amide bonds. The highest BCUT2D eigenvalue weighted by atomic mass is 19.2. The van der Waals surface area contributed by atoms with Crippen molar-refractivity contribution in [1.82, 2.24) is 15.5 Å². The molecule has 0 radical (unpaired) electrons. The molecule has 1 aromatic carbocycles. The number of rotatable bonds is 1. The van der Waals surface area contributed by atoms with Gasteiger partial charge in [0.25, 0.3) is 0 Å². The van der Waals surface area contributed by atoms with Crippen molar-refractivity contribution in [1.29, 1.82) is 0 Å². The van der Waals surface area contributed by atoms with E-state index in [1.807, 2.05) is 0 Å². The van der Waals surface area contributed by atoms with Gasteiger partial charge >= 0.3 is 6.09 Å². The lowest BCUT2D eigenvalue weighted by atomic mass is 9.78. The number of nitrogens with one attached hydrogen (secondary N) is 2. The van der Waals surface area contributed by atoms with Gasteiger partial charge in [-0.25, -0.2) is 23.0 Å². The van der Waals surface area contributed by atoms with Crippen LogP contribution in [0.15, 0.2) is 17.1 Å². The second-order valence-electron chi connectivity index (χ2n) is 7.79. The highest BCUT2D eigenvalue weighted by Gasteiger charge is 2.55. The molecule has 0 spiro atoms. The first-order chi connectivity index (χ1) is 13.0. The average molecular weight is 398 g/mol. The first-order valence-corrected chi connectivity index (χ1v) is 8.68. The lowest BCUT2D eigenvalue weighted by molar-refractivity contribution is -0.132. The second kappa shape index (κ2) is 6.77. The Morgan fingerprint density at radius 2 is 1.96 bits per heavy atom. The second-order valence-corrected chi connectivity index (χ2v) is 7.79. The quantitative estimate of drug-likeness (QED) is 0.708. The highest BCUT2D eigenvalue weighted by molar-refractivity contribution is 6.06. The zero-order chi connectivity index (χ0) is 20.9. The molecule has 1 saturated heterocycles. The number of ether oxygens (including phenoxy) is 1. The third-order valence-electron chi connectivity index (χ3n) is 4.66. The lowest BCUT2D eigenvalue weighted by Crippen LogP contribution is -2.57. The Kier molecular flexibility index (Phi) is 4.86. The monoisotopic (exact) mass is 398 g/mol. The fourth-order valence-corrected chi connectivity index (χ4v) is 3.46. The maximum absolute atomic E-state index is 14.6. The molecule has 0 aromatic heterocycles. The largest absolute Gasteiger partial charge is 0.444 e. The van der Waals surface area contributed by atoms with E-state index in [-0.39, 0.29) is 19.0 Å². The van der Waals surface area contributed by atoms with Gasteiger partial charge in [0.15, 0.2) is 11.6 Å². The molecule has 0 unspecified atom stereocenters. The summed E-state index contributed by atoms with van der Waals surface area (Å²) >= 11 is 0. The zero-order valence-electron chi connectivity index (χ0n) is 15.9. The van der Waals surface area contributed by atoms with E-state index in [0.717, 1.165) is 11.0 Å². The van der Waals surface area contributed by atoms with E-state index in [4.69, 9.17) is 4.74 Å². The van der Waals surface area contributed by atoms with Crippen molar-refractivity contribution in [2.45, 2.75) is 31.9 Å². The van der Waals surface area contributed by atoms with Gasteiger partial charge in [-0.3, -0.25) is 15.0 Å². The Hall–Kier alpha value is -2.62. The Balaban J connectivity index is 2.11. The van der Waals surface area contributed by atoms with Gasteiger partial charge in [0, 0.05) is 20.1 Å². The normalized spacial score (nSPS) is 24.7. The van der Waals surface area contributed by atoms with Gasteiger partial charge in [0.05, 0.1) is 11.5 Å². The standard InChI is InChI=1S/C18H21F3N4O3/c1-17(2,3)28-16(27)23-15-24-18(8-22-7-9(18)14(26)25(15)4)12-10(19)5-6-11(20)13(12)21/h5-6,9,22H,7-8H2,1-4H3,(H,23,24,27)/t9-,18-/m0/s1. The fourth-order valence-electron chi connectivity index (χ4n) is 3.46. The SMILES string of the molecule is CN1C(=O)[C@@H]2CNC[C@]2(c2c(F)ccc(F)c2F)N=C1NC(=O)OC(C)(C)C. The molecule has 1 aromatic rings. The Morgan fingerprint density at radius 3 is 2.61 bits per heavy atom. The van der Waals surface area contributed by atoms with Crippen LogP contribution in [-0.4, -0.2) is 48.6 Å². The van der Waals surface area contributed by atoms with Gasteiger partial charge in [-0.1, -0.05) is 0 Å². The Bertz CT molecular complexity index is 868. The third kappa shape index (κ3) is 3.32. The van der Waals surface area contributed by atoms with Gasteiger partial charge in [0.2, 0.25) is 11.9 Å². The molecule has 3 rings (SSSR count). The number of benzene rings is 1. The van der Waals surface area contributed by atoms with Gasteiger partial charge in [-0.05, 0) is 32.9 Å². The van der Waals surface area contributed by atoms with Crippen LogP contribution in [0.2, 0.25) is 0 Å². The first-order valence-electron chi connectivity index (χ1n) is 8.68. The number of nitrogens with zero attached hydrogens (tertiary/aromatic N) is 2. The van der Waals surface area contributed by atoms with Crippen LogP contribution in [0.5, 0.6) is 0 Å². The number of aliphatic imine (C=N–C) groups is 1. The van der Waals surface area contributed by atoms with E-state index in [1.165, 1.54) is 7.05 Å². The van der Waals surface area contributed by atoms with Crippen molar-refractivity contribution in [3.63, 3.8) is 0 Å². The molecule has 0 bridgehead atoms. The maximum Gasteiger partial charge on any atom is 0.414 e. The van der Waals surface area contributed by atoms with E-state index < -0.39 is 52.1 Å². The Labute approximate surface area is 159 Å². The summed E-state index contributed by atoms with van der Waals surface area (Å²) in [6.07, 6.45) is -0.884. The molecule has 2 N–H and O–H groups in total. The molecule has 2 atom stereocenters. The van der Waals surface area contributed by atoms with Gasteiger partial charge < -0.3 is 10.1 Å². The van der Waals surface area contributed by atoms with Crippen LogP contribution in [0.3, 0.4) is 0 Å². The Morgan fingerprint density at radius 1 is 1.32 bits per heavy atom. The minimum absolute atomic E-state index is 0.0990. The van der Waals surface area contributed by atoms with Crippen LogP contribution >= 0.6 is 0 Å². The first kappa shape index (κ1) is 20.1. The molecule has 0 aliphatic carbocycles. The molecule has 2 aliphatic rings. The van der Waals surface area contributed by atoms with Gasteiger partial charge in [-0.15, -0.1) is 0 Å². The average Bonchev–Trinajstić information content (AvgIpc) is 2.99. The van der Waals surface area contributed by atoms with E-state index in [2.05, 4.69) is 15.6 Å². The van der Waals surface area contributed by atoms with Gasteiger partial charge in [-0.2, -0.15) is 0 Å². The van der Waals surface area contributed by atoms with Crippen molar-refractivity contribution < 1.29 is 27.5 Å². The number of carbonyl (C=O) groups excluding carboxylic acids is 2. The molecule has 2 aliphatic heterocycles. The topological polar surface area (TPSA) is 83.0 Å². The number of alkyl carbamates (subject to hydrolysis) is 1. The van der Waals surface area contributed by atoms with E-state index >= 15 is 0 Å². The predicted octanol–water partition coefficient (Wildman–Crippen LogP) is 1.87. The molecule has 28 heavy (non-hydrogen) atoms. The van der Waals surface area contributed by atoms with Crippen LogP contribution in [0.4, 0.5) is 18.0 Å². The maximum atomic E-state index is 14.6. The van der Waals surface area contributed by atoms with Crippen LogP contribution in [0, 0.1) is 23.4 Å². The van der Waals surface area contributed by atoms with E-state index in [0.29, 0.717) is 6.07 Å². The minimum Gasteiger partial charge on any atom is -0.444 e. The number of hydrogen-bond donors (Lipinski definition) is 2. The minimum atomic E-state index is -1.73. The molecule has 152 valence electrons. The summed E-state index contributed by atoms with van der Waals surface area (Å²) in [6, 6.07) is 1.46. The highest BCUT2D eigenvalue weighted by Crippen LogP contribution is 2.43. The van der Waals surface area contributed by atoms with Crippen molar-refractivity contribution in [3.8, 4) is 0 Å². The number of hydrogen-bond acceptors (Lipinski definition) is 5. The van der Waals surface area contributed by atoms with Crippen LogP contribution in [-0.2, 0) is 15.1 Å². The molecule has 0 saturated carbocycles. The number of guanidine groups is 1. The van der Waals surface area contributed by atoms with Crippen LogP contribution < -0.4 is 10.6 Å². The summed E-state index contributed by atoms with van der Waals surface area (Å²) < 4.78 is 48.1. The number of fused-ring (bicyclic) bond motifs is 1. The van der Waals surface area contributed by atoms with Crippen LogP contribution in [0.1, 0.15) is 26.3 Å². The number of halogens is 3. The van der Waals surface area contributed by atoms with Crippen LogP contribution in [0.25, 0.3) is 0 Å². The fraction of sp³-hybridized carbons (Fsp3) is 0.500. The summed E-state index contributed by atoms with van der Waals surface area (Å²) in [4.78, 5) is 30.4. The van der Waals surface area contributed by atoms with Crippen molar-refractivity contribution >= 4 is 18.0 Å². The van der Waals surface area contributed by atoms with E-state index in [9.17, 15) is 22.8 Å². The molecule has 1 fully saturated rings. The van der Waals surface area contributed by atoms with Gasteiger partial charge in [0.1, 0.15) is 17.0 Å². The molecule has 2 heterocycles. The molecule has 10 heteroatoms. The molecule has 7 nitrogen and oxygen atoms in total. The molecular formula is C18H21F3N4O3. The summed E-state index contributed by atoms with van der Waals surface area (Å²) in [5.74, 6) is -5.40.